The van der Waals surface area contributed by atoms with Crippen LogP contribution in [0, 0.1) is 6.92 Å². The first-order chi connectivity index (χ1) is 12.8. The first kappa shape index (κ1) is 14.8. The number of rotatable bonds is 2. The minimum atomic E-state index is 0.911. The van der Waals surface area contributed by atoms with Crippen LogP contribution in [0.4, 0.5) is 0 Å². The molecule has 3 heterocycles. The summed E-state index contributed by atoms with van der Waals surface area (Å²) < 4.78 is 2.09. The van der Waals surface area contributed by atoms with Crippen LogP contribution in [0.5, 0.6) is 0 Å². The molecule has 3 aromatic heterocycles. The normalized spacial score (nSPS) is 11.3. The Bertz CT molecular complexity index is 1220. The fourth-order valence-corrected chi connectivity index (χ4v) is 3.40. The Kier molecular flexibility index (Phi) is 3.32. The van der Waals surface area contributed by atoms with Crippen molar-refractivity contribution in [1.29, 1.82) is 0 Å². The Morgan fingerprint density at radius 3 is 2.04 bits per heavy atom. The molecule has 0 N–H and O–H groups in total. The van der Waals surface area contributed by atoms with Gasteiger partial charge in [0.15, 0.2) is 0 Å². The summed E-state index contributed by atoms with van der Waals surface area (Å²) in [5.41, 5.74) is 7.24. The lowest BCUT2D eigenvalue weighted by Crippen LogP contribution is -1.95. The van der Waals surface area contributed by atoms with Gasteiger partial charge in [-0.2, -0.15) is 0 Å². The summed E-state index contributed by atoms with van der Waals surface area (Å²) >= 11 is 0. The van der Waals surface area contributed by atoms with Gasteiger partial charge in [-0.25, -0.2) is 9.97 Å². The van der Waals surface area contributed by atoms with Crippen molar-refractivity contribution in [2.24, 2.45) is 0 Å². The Morgan fingerprint density at radius 1 is 0.692 bits per heavy atom. The quantitative estimate of drug-likeness (QED) is 0.425. The van der Waals surface area contributed by atoms with Crippen LogP contribution in [0.3, 0.4) is 0 Å². The van der Waals surface area contributed by atoms with Crippen molar-refractivity contribution in [2.45, 2.75) is 6.92 Å². The Labute approximate surface area is 151 Å². The highest BCUT2D eigenvalue weighted by atomic mass is 15.0. The molecule has 0 unspecified atom stereocenters. The number of aromatic nitrogens is 3. The monoisotopic (exact) mass is 335 g/mol. The second-order valence-corrected chi connectivity index (χ2v) is 6.48. The van der Waals surface area contributed by atoms with E-state index in [0.29, 0.717) is 0 Å². The summed E-state index contributed by atoms with van der Waals surface area (Å²) in [5.74, 6) is 0. The van der Waals surface area contributed by atoms with Gasteiger partial charge in [-0.05, 0) is 30.7 Å². The van der Waals surface area contributed by atoms with Crippen LogP contribution in [0.25, 0.3) is 39.2 Å². The molecule has 2 aromatic carbocycles. The summed E-state index contributed by atoms with van der Waals surface area (Å²) in [7, 11) is 0. The standard InChI is InChI=1S/C23H17N3/c1-16-14-20(17-8-4-2-5-9-17)25-23-19(16)12-13-22-24-21(15-26(22)23)18-10-6-3-7-11-18/h2-15H,1H3. The lowest BCUT2D eigenvalue weighted by atomic mass is 10.1. The third-order valence-electron chi connectivity index (χ3n) is 4.74. The molecule has 0 aliphatic carbocycles. The van der Waals surface area contributed by atoms with E-state index in [-0.39, 0.29) is 0 Å². The number of benzene rings is 2. The van der Waals surface area contributed by atoms with Gasteiger partial charge in [0.2, 0.25) is 0 Å². The molecular formula is C23H17N3. The molecule has 0 saturated heterocycles. The van der Waals surface area contributed by atoms with E-state index in [1.165, 1.54) is 5.56 Å². The van der Waals surface area contributed by atoms with Crippen LogP contribution in [-0.4, -0.2) is 14.4 Å². The molecule has 0 amide bonds. The molecule has 0 bridgehead atoms. The van der Waals surface area contributed by atoms with Crippen molar-refractivity contribution in [3.63, 3.8) is 0 Å². The van der Waals surface area contributed by atoms with E-state index in [9.17, 15) is 0 Å². The van der Waals surface area contributed by atoms with Gasteiger partial charge in [-0.3, -0.25) is 4.40 Å². The number of nitrogens with zero attached hydrogens (tertiary/aromatic N) is 3. The molecule has 0 aliphatic heterocycles. The molecule has 5 rings (SSSR count). The number of aryl methyl sites for hydroxylation is 1. The molecule has 124 valence electrons. The highest BCUT2D eigenvalue weighted by Gasteiger charge is 2.11. The summed E-state index contributed by atoms with van der Waals surface area (Å²) in [5, 5.41) is 1.15. The Balaban J connectivity index is 1.78. The smallest absolute Gasteiger partial charge is 0.146 e. The molecule has 0 atom stereocenters. The topological polar surface area (TPSA) is 30.2 Å². The van der Waals surface area contributed by atoms with Crippen molar-refractivity contribution in [3.8, 4) is 22.5 Å². The molecule has 5 aromatic rings. The molecule has 3 heteroatoms. The zero-order valence-corrected chi connectivity index (χ0v) is 14.4. The maximum atomic E-state index is 4.96. The Morgan fingerprint density at radius 2 is 1.35 bits per heavy atom. The SMILES string of the molecule is Cc1cc(-c2ccccc2)nc2c1ccc1nc(-c3ccccc3)cn12. The van der Waals surface area contributed by atoms with E-state index in [1.54, 1.807) is 0 Å². The first-order valence-electron chi connectivity index (χ1n) is 8.70. The van der Waals surface area contributed by atoms with Crippen LogP contribution >= 0.6 is 0 Å². The van der Waals surface area contributed by atoms with E-state index in [2.05, 4.69) is 60.0 Å². The summed E-state index contributed by atoms with van der Waals surface area (Å²) in [6, 6.07) is 26.9. The van der Waals surface area contributed by atoms with E-state index < -0.39 is 0 Å². The fraction of sp³-hybridized carbons (Fsp3) is 0.0435. The largest absolute Gasteiger partial charge is 0.283 e. The van der Waals surface area contributed by atoms with E-state index >= 15 is 0 Å². The van der Waals surface area contributed by atoms with Gasteiger partial charge >= 0.3 is 0 Å². The Hall–Kier alpha value is -3.46. The van der Waals surface area contributed by atoms with Crippen LogP contribution in [-0.2, 0) is 0 Å². The second-order valence-electron chi connectivity index (χ2n) is 6.48. The molecule has 0 spiro atoms. The van der Waals surface area contributed by atoms with Crippen LogP contribution < -0.4 is 0 Å². The van der Waals surface area contributed by atoms with Crippen molar-refractivity contribution >= 4 is 16.7 Å². The average Bonchev–Trinajstić information content (AvgIpc) is 3.14. The molecule has 0 fully saturated rings. The summed E-state index contributed by atoms with van der Waals surface area (Å²) in [6.45, 7) is 2.14. The molecular weight excluding hydrogens is 318 g/mol. The third kappa shape index (κ3) is 2.37. The molecule has 0 radical (unpaired) electrons. The van der Waals surface area contributed by atoms with Gasteiger partial charge in [0, 0.05) is 22.7 Å². The van der Waals surface area contributed by atoms with Gasteiger partial charge in [-0.15, -0.1) is 0 Å². The number of hydrogen-bond acceptors (Lipinski definition) is 2. The fourth-order valence-electron chi connectivity index (χ4n) is 3.40. The predicted molar refractivity (Wildman–Crippen MR) is 106 cm³/mol. The van der Waals surface area contributed by atoms with Crippen molar-refractivity contribution < 1.29 is 0 Å². The van der Waals surface area contributed by atoms with Gasteiger partial charge in [0.25, 0.3) is 0 Å². The molecule has 26 heavy (non-hydrogen) atoms. The second kappa shape index (κ2) is 5.81. The van der Waals surface area contributed by atoms with Crippen molar-refractivity contribution in [1.82, 2.24) is 14.4 Å². The number of imidazole rings is 1. The highest BCUT2D eigenvalue weighted by molar-refractivity contribution is 5.85. The van der Waals surface area contributed by atoms with E-state index in [4.69, 9.17) is 9.97 Å². The maximum absolute atomic E-state index is 4.96. The van der Waals surface area contributed by atoms with E-state index in [0.717, 1.165) is 39.2 Å². The molecule has 0 saturated carbocycles. The van der Waals surface area contributed by atoms with Crippen LogP contribution in [0.15, 0.2) is 85.1 Å². The first-order valence-corrected chi connectivity index (χ1v) is 8.70. The molecule has 3 nitrogen and oxygen atoms in total. The van der Waals surface area contributed by atoms with Gasteiger partial charge in [-0.1, -0.05) is 60.7 Å². The van der Waals surface area contributed by atoms with Gasteiger partial charge in [0.05, 0.1) is 11.4 Å². The van der Waals surface area contributed by atoms with Gasteiger partial charge in [0.1, 0.15) is 11.3 Å². The molecule has 0 aliphatic rings. The van der Waals surface area contributed by atoms with Crippen LogP contribution in [0.1, 0.15) is 5.56 Å². The average molecular weight is 335 g/mol. The minimum Gasteiger partial charge on any atom is -0.283 e. The van der Waals surface area contributed by atoms with Crippen molar-refractivity contribution in [3.05, 3.63) is 90.6 Å². The van der Waals surface area contributed by atoms with Crippen molar-refractivity contribution in [2.75, 3.05) is 0 Å². The predicted octanol–water partition coefficient (Wildman–Crippen LogP) is 5.52. The van der Waals surface area contributed by atoms with Crippen LogP contribution in [0.2, 0.25) is 0 Å². The highest BCUT2D eigenvalue weighted by Crippen LogP contribution is 2.27. The lowest BCUT2D eigenvalue weighted by Gasteiger charge is -2.08. The number of fused-ring (bicyclic) bond motifs is 3. The van der Waals surface area contributed by atoms with E-state index in [1.807, 2.05) is 36.4 Å². The summed E-state index contributed by atoms with van der Waals surface area (Å²) in [4.78, 5) is 9.75. The number of hydrogen-bond donors (Lipinski definition) is 0. The summed E-state index contributed by atoms with van der Waals surface area (Å²) in [6.07, 6.45) is 2.08. The third-order valence-corrected chi connectivity index (χ3v) is 4.74. The maximum Gasteiger partial charge on any atom is 0.146 e. The van der Waals surface area contributed by atoms with Gasteiger partial charge < -0.3 is 0 Å². The minimum absolute atomic E-state index is 0.911. The number of pyridine rings is 2. The zero-order chi connectivity index (χ0) is 17.5. The lowest BCUT2D eigenvalue weighted by molar-refractivity contribution is 1.18. The zero-order valence-electron chi connectivity index (χ0n) is 14.4.